The Morgan fingerprint density at radius 3 is 2.48 bits per heavy atom. The van der Waals surface area contributed by atoms with Crippen LogP contribution in [0.1, 0.15) is 22.9 Å². The maximum Gasteiger partial charge on any atom is 0.296 e. The molecule has 158 valence electrons. The predicted molar refractivity (Wildman–Crippen MR) is 106 cm³/mol. The Balaban J connectivity index is 1.86. The zero-order chi connectivity index (χ0) is 22.1. The van der Waals surface area contributed by atoms with Gasteiger partial charge in [0.2, 0.25) is 0 Å². The van der Waals surface area contributed by atoms with Crippen LogP contribution >= 0.6 is 0 Å². The number of rotatable bonds is 5. The highest BCUT2D eigenvalue weighted by Gasteiger charge is 2.46. The summed E-state index contributed by atoms with van der Waals surface area (Å²) >= 11 is 0. The average Bonchev–Trinajstić information content (AvgIpc) is 3.36. The van der Waals surface area contributed by atoms with Crippen molar-refractivity contribution in [2.75, 3.05) is 7.11 Å². The van der Waals surface area contributed by atoms with E-state index < -0.39 is 35.1 Å². The van der Waals surface area contributed by atoms with Gasteiger partial charge in [-0.15, -0.1) is 0 Å². The number of furan rings is 1. The van der Waals surface area contributed by atoms with Gasteiger partial charge >= 0.3 is 0 Å². The van der Waals surface area contributed by atoms with Gasteiger partial charge in [0.05, 0.1) is 31.5 Å². The number of amides is 1. The second-order valence-electron chi connectivity index (χ2n) is 6.91. The van der Waals surface area contributed by atoms with Crippen molar-refractivity contribution in [2.24, 2.45) is 0 Å². The molecule has 1 amide bonds. The Morgan fingerprint density at radius 2 is 1.87 bits per heavy atom. The van der Waals surface area contributed by atoms with E-state index in [2.05, 4.69) is 0 Å². The van der Waals surface area contributed by atoms with Gasteiger partial charge in [-0.2, -0.15) is 0 Å². The summed E-state index contributed by atoms with van der Waals surface area (Å²) in [6.45, 7) is -0.0482. The number of ketones is 1. The van der Waals surface area contributed by atoms with Gasteiger partial charge in [0.15, 0.2) is 11.6 Å². The van der Waals surface area contributed by atoms with Gasteiger partial charge in [0.25, 0.3) is 11.7 Å². The van der Waals surface area contributed by atoms with Crippen molar-refractivity contribution in [1.29, 1.82) is 0 Å². The number of hydrogen-bond acceptors (Lipinski definition) is 5. The lowest BCUT2D eigenvalue weighted by atomic mass is 9.95. The minimum atomic E-state index is -1.02. The Labute approximate surface area is 176 Å². The van der Waals surface area contributed by atoms with E-state index in [1.165, 1.54) is 54.7 Å². The molecule has 1 aliphatic rings. The van der Waals surface area contributed by atoms with Crippen LogP contribution in [0.2, 0.25) is 0 Å². The molecule has 1 aliphatic heterocycles. The third kappa shape index (κ3) is 3.68. The molecule has 1 saturated heterocycles. The molecule has 0 radical (unpaired) electrons. The third-order valence-corrected chi connectivity index (χ3v) is 5.06. The molecule has 31 heavy (non-hydrogen) atoms. The molecule has 4 rings (SSSR count). The fourth-order valence-corrected chi connectivity index (χ4v) is 3.57. The highest BCUT2D eigenvalue weighted by Crippen LogP contribution is 2.40. The number of aliphatic hydroxyl groups is 1. The fourth-order valence-electron chi connectivity index (χ4n) is 3.57. The van der Waals surface area contributed by atoms with Crippen molar-refractivity contribution in [3.05, 3.63) is 95.0 Å². The Kier molecular flexibility index (Phi) is 5.29. The lowest BCUT2D eigenvalue weighted by Crippen LogP contribution is -2.29. The van der Waals surface area contributed by atoms with Crippen LogP contribution in [0.5, 0.6) is 5.75 Å². The molecule has 1 aromatic heterocycles. The Morgan fingerprint density at radius 1 is 1.13 bits per heavy atom. The van der Waals surface area contributed by atoms with Gasteiger partial charge in [0, 0.05) is 5.56 Å². The van der Waals surface area contributed by atoms with Crippen molar-refractivity contribution in [3.8, 4) is 5.75 Å². The zero-order valence-corrected chi connectivity index (χ0v) is 16.3. The van der Waals surface area contributed by atoms with Crippen molar-refractivity contribution in [1.82, 2.24) is 4.90 Å². The number of Topliss-reactive ketones (excluding diaryl/α,β-unsaturated/α-hetero) is 1. The van der Waals surface area contributed by atoms with Gasteiger partial charge in [-0.05, 0) is 48.0 Å². The Hall–Kier alpha value is -3.94. The molecular formula is C23H17F2NO5. The number of methoxy groups -OCH3 is 1. The first kappa shape index (κ1) is 20.3. The van der Waals surface area contributed by atoms with Gasteiger partial charge in [-0.1, -0.05) is 12.1 Å². The maximum absolute atomic E-state index is 14.2. The van der Waals surface area contributed by atoms with Crippen LogP contribution in [-0.4, -0.2) is 28.8 Å². The molecule has 1 unspecified atom stereocenters. The van der Waals surface area contributed by atoms with Crippen molar-refractivity contribution >= 4 is 17.4 Å². The summed E-state index contributed by atoms with van der Waals surface area (Å²) in [5, 5.41) is 10.9. The maximum atomic E-state index is 14.2. The molecule has 0 spiro atoms. The summed E-state index contributed by atoms with van der Waals surface area (Å²) < 4.78 is 37.8. The molecule has 1 N–H and O–H groups in total. The number of hydrogen-bond donors (Lipinski definition) is 1. The van der Waals surface area contributed by atoms with Gasteiger partial charge in [0.1, 0.15) is 17.3 Å². The molecular weight excluding hydrogens is 408 g/mol. The topological polar surface area (TPSA) is 80.0 Å². The van der Waals surface area contributed by atoms with Crippen molar-refractivity contribution < 1.29 is 32.6 Å². The SMILES string of the molecule is COc1ccc(/C(O)=C2\C(=O)C(=O)N(Cc3ccco3)C2c2ccc(F)cc2)cc1F. The summed E-state index contributed by atoms with van der Waals surface area (Å²) in [5.74, 6) is -3.19. The number of ether oxygens (including phenoxy) is 1. The van der Waals surface area contributed by atoms with E-state index in [0.717, 1.165) is 6.07 Å². The quantitative estimate of drug-likeness (QED) is 0.377. The van der Waals surface area contributed by atoms with Gasteiger partial charge < -0.3 is 19.2 Å². The van der Waals surface area contributed by atoms with Crippen molar-refractivity contribution in [2.45, 2.75) is 12.6 Å². The van der Waals surface area contributed by atoms with Gasteiger partial charge in [-0.3, -0.25) is 9.59 Å². The first-order valence-corrected chi connectivity index (χ1v) is 9.31. The molecule has 6 nitrogen and oxygen atoms in total. The van der Waals surface area contributed by atoms with Crippen LogP contribution in [0.3, 0.4) is 0 Å². The van der Waals surface area contributed by atoms with Crippen LogP contribution in [0.15, 0.2) is 70.9 Å². The largest absolute Gasteiger partial charge is 0.507 e. The van der Waals surface area contributed by atoms with E-state index in [-0.39, 0.29) is 23.4 Å². The molecule has 2 aromatic carbocycles. The molecule has 1 fully saturated rings. The second kappa shape index (κ2) is 8.06. The molecule has 0 aliphatic carbocycles. The minimum absolute atomic E-state index is 0.00131. The highest BCUT2D eigenvalue weighted by molar-refractivity contribution is 6.46. The van der Waals surface area contributed by atoms with E-state index in [1.54, 1.807) is 12.1 Å². The van der Waals surface area contributed by atoms with E-state index in [9.17, 15) is 23.5 Å². The lowest BCUT2D eigenvalue weighted by molar-refractivity contribution is -0.140. The molecule has 8 heteroatoms. The first-order chi connectivity index (χ1) is 14.9. The number of likely N-dealkylation sites (tertiary alicyclic amines) is 1. The second-order valence-corrected chi connectivity index (χ2v) is 6.91. The summed E-state index contributed by atoms with van der Waals surface area (Å²) in [5.41, 5.74) is 0.178. The summed E-state index contributed by atoms with van der Waals surface area (Å²) in [6.07, 6.45) is 1.43. The summed E-state index contributed by atoms with van der Waals surface area (Å²) in [4.78, 5) is 26.9. The summed E-state index contributed by atoms with van der Waals surface area (Å²) in [7, 11) is 1.30. The fraction of sp³-hybridized carbons (Fsp3) is 0.130. The highest BCUT2D eigenvalue weighted by atomic mass is 19.1. The molecule has 0 bridgehead atoms. The number of carbonyl (C=O) groups excluding carboxylic acids is 2. The molecule has 3 aromatic rings. The van der Waals surface area contributed by atoms with Crippen LogP contribution < -0.4 is 4.74 Å². The Bertz CT molecular complexity index is 1170. The first-order valence-electron chi connectivity index (χ1n) is 9.31. The normalized spacial score (nSPS) is 17.9. The summed E-state index contributed by atoms with van der Waals surface area (Å²) in [6, 6.07) is 11.2. The van der Waals surface area contributed by atoms with Crippen molar-refractivity contribution in [3.63, 3.8) is 0 Å². The van der Waals surface area contributed by atoms with E-state index in [0.29, 0.717) is 11.3 Å². The number of halogens is 2. The number of carbonyl (C=O) groups is 2. The van der Waals surface area contributed by atoms with Crippen LogP contribution in [0.4, 0.5) is 8.78 Å². The predicted octanol–water partition coefficient (Wildman–Crippen LogP) is 4.19. The minimum Gasteiger partial charge on any atom is -0.507 e. The molecule has 0 saturated carbocycles. The van der Waals surface area contributed by atoms with Crippen LogP contribution in [-0.2, 0) is 16.1 Å². The lowest BCUT2D eigenvalue weighted by Gasteiger charge is -2.24. The van der Waals surface area contributed by atoms with Crippen LogP contribution in [0.25, 0.3) is 5.76 Å². The smallest absolute Gasteiger partial charge is 0.296 e. The molecule has 1 atom stereocenters. The standard InChI is InChI=1S/C23H17F2NO5/c1-30-18-9-6-14(11-17(18)25)21(27)19-20(13-4-7-15(24)8-5-13)26(23(29)22(19)28)12-16-3-2-10-31-16/h2-11,20,27H,12H2,1H3/b21-19+. The third-order valence-electron chi connectivity index (χ3n) is 5.06. The number of nitrogens with zero attached hydrogens (tertiary/aromatic N) is 1. The molecule has 2 heterocycles. The number of benzene rings is 2. The van der Waals surface area contributed by atoms with Crippen LogP contribution in [0, 0.1) is 11.6 Å². The number of aliphatic hydroxyl groups excluding tert-OH is 1. The monoisotopic (exact) mass is 425 g/mol. The van der Waals surface area contributed by atoms with Gasteiger partial charge in [-0.25, -0.2) is 8.78 Å². The average molecular weight is 425 g/mol. The van der Waals surface area contributed by atoms with E-state index in [1.807, 2.05) is 0 Å². The van der Waals surface area contributed by atoms with E-state index >= 15 is 0 Å². The zero-order valence-electron chi connectivity index (χ0n) is 16.3. The van der Waals surface area contributed by atoms with E-state index in [4.69, 9.17) is 9.15 Å².